The maximum atomic E-state index is 11.6. The number of hydrogen-bond donors (Lipinski definition) is 1. The minimum absolute atomic E-state index is 0.140. The van der Waals surface area contributed by atoms with Crippen LogP contribution in [0, 0.1) is 0 Å². The van der Waals surface area contributed by atoms with Crippen LogP contribution in [-0.2, 0) is 4.79 Å². The summed E-state index contributed by atoms with van der Waals surface area (Å²) in [5, 5.41) is 3.72. The fourth-order valence-corrected chi connectivity index (χ4v) is 4.46. The van der Waals surface area contributed by atoms with E-state index in [9.17, 15) is 4.79 Å². The zero-order valence-electron chi connectivity index (χ0n) is 15.0. The van der Waals surface area contributed by atoms with Crippen LogP contribution in [0.2, 0.25) is 0 Å². The number of benzene rings is 1. The largest absolute Gasteiger partial charge is 0.490 e. The van der Waals surface area contributed by atoms with E-state index < -0.39 is 0 Å². The van der Waals surface area contributed by atoms with Gasteiger partial charge < -0.3 is 14.8 Å². The lowest BCUT2D eigenvalue weighted by atomic mass is 10.2. The average molecular weight is 418 g/mol. The topological polar surface area (TPSA) is 47.6 Å². The van der Waals surface area contributed by atoms with Gasteiger partial charge in [-0.25, -0.2) is 0 Å². The number of carbonyl (C=O) groups excluding carboxylic acids is 1. The number of ether oxygens (including phenoxy) is 2. The highest BCUT2D eigenvalue weighted by Crippen LogP contribution is 2.37. The molecule has 0 unspecified atom stereocenters. The summed E-state index contributed by atoms with van der Waals surface area (Å²) in [7, 11) is 0. The van der Waals surface area contributed by atoms with Gasteiger partial charge in [-0.2, -0.15) is 0 Å². The number of carbonyl (C=O) groups is 1. The fourth-order valence-electron chi connectivity index (χ4n) is 2.48. The fraction of sp³-hybridized carbons (Fsp3) is 0.200. The third-order valence-corrected chi connectivity index (χ3v) is 5.82. The first-order valence-electron chi connectivity index (χ1n) is 8.52. The molecule has 27 heavy (non-hydrogen) atoms. The second kappa shape index (κ2) is 9.21. The van der Waals surface area contributed by atoms with Gasteiger partial charge in [-0.05, 0) is 43.5 Å². The number of thiocarbonyl (C=S) groups is 1. The standard InChI is InChI=1S/C20H19NO3S3/c1-3-23-15-11-13-10-14(26-18(13)12-16(15)24-4-2)8-6-5-7-9-17-19(22)21-20(25)27-17/h5-12H,3-4H2,1-2H3,(H,21,22,25)/b7-5+,8-6+,17-9+. The Balaban J connectivity index is 1.74. The Kier molecular flexibility index (Phi) is 6.71. The molecule has 140 valence electrons. The van der Waals surface area contributed by atoms with Gasteiger partial charge in [0.25, 0.3) is 5.91 Å². The predicted octanol–water partition coefficient (Wildman–Crippen LogP) is 5.30. The highest BCUT2D eigenvalue weighted by Gasteiger charge is 2.20. The van der Waals surface area contributed by atoms with E-state index in [2.05, 4.69) is 11.4 Å². The maximum absolute atomic E-state index is 11.6. The second-order valence-electron chi connectivity index (χ2n) is 5.47. The lowest BCUT2D eigenvalue weighted by molar-refractivity contribution is -0.115. The molecule has 1 aromatic heterocycles. The molecule has 0 aliphatic carbocycles. The van der Waals surface area contributed by atoms with Crippen molar-refractivity contribution >= 4 is 61.7 Å². The zero-order valence-corrected chi connectivity index (χ0v) is 17.4. The summed E-state index contributed by atoms with van der Waals surface area (Å²) in [5.74, 6) is 1.41. The Hall–Kier alpha value is -2.09. The van der Waals surface area contributed by atoms with Crippen LogP contribution in [0.25, 0.3) is 16.2 Å². The van der Waals surface area contributed by atoms with E-state index in [1.807, 2.05) is 50.3 Å². The van der Waals surface area contributed by atoms with Gasteiger partial charge in [0.2, 0.25) is 0 Å². The van der Waals surface area contributed by atoms with E-state index in [4.69, 9.17) is 21.7 Å². The van der Waals surface area contributed by atoms with Gasteiger partial charge in [0.05, 0.1) is 18.1 Å². The minimum Gasteiger partial charge on any atom is -0.490 e. The van der Waals surface area contributed by atoms with Gasteiger partial charge in [-0.3, -0.25) is 4.79 Å². The molecule has 2 aromatic rings. The molecular formula is C20H19NO3S3. The molecule has 0 spiro atoms. The number of nitrogens with one attached hydrogen (secondary N) is 1. The van der Waals surface area contributed by atoms with E-state index in [1.54, 1.807) is 17.4 Å². The molecule has 3 rings (SSSR count). The van der Waals surface area contributed by atoms with Crippen LogP contribution in [0.3, 0.4) is 0 Å². The molecule has 1 fully saturated rings. The average Bonchev–Trinajstić information content (AvgIpc) is 3.17. The van der Waals surface area contributed by atoms with E-state index in [0.717, 1.165) is 26.5 Å². The van der Waals surface area contributed by atoms with Crippen molar-refractivity contribution < 1.29 is 14.3 Å². The Morgan fingerprint density at radius 1 is 1.07 bits per heavy atom. The van der Waals surface area contributed by atoms with Crippen molar-refractivity contribution in [1.29, 1.82) is 0 Å². The third-order valence-electron chi connectivity index (χ3n) is 3.57. The molecule has 0 saturated carbocycles. The Labute approximate surface area is 171 Å². The number of hydrogen-bond acceptors (Lipinski definition) is 6. The van der Waals surface area contributed by atoms with Crippen molar-refractivity contribution in [3.63, 3.8) is 0 Å². The zero-order chi connectivity index (χ0) is 19.2. The third kappa shape index (κ3) is 5.00. The number of amides is 1. The lowest BCUT2D eigenvalue weighted by Crippen LogP contribution is -2.17. The summed E-state index contributed by atoms with van der Waals surface area (Å²) >= 11 is 7.92. The minimum atomic E-state index is -0.140. The van der Waals surface area contributed by atoms with Gasteiger partial charge in [0.15, 0.2) is 11.5 Å². The van der Waals surface area contributed by atoms with E-state index >= 15 is 0 Å². The SMILES string of the molecule is CCOc1cc2cc(/C=C/C=C/C=C3/SC(=S)NC3=O)sc2cc1OCC. The second-order valence-corrected chi connectivity index (χ2v) is 8.30. The van der Waals surface area contributed by atoms with Crippen molar-refractivity contribution in [3.8, 4) is 11.5 Å². The highest BCUT2D eigenvalue weighted by molar-refractivity contribution is 8.26. The van der Waals surface area contributed by atoms with Gasteiger partial charge in [-0.15, -0.1) is 11.3 Å². The quantitative estimate of drug-likeness (QED) is 0.376. The molecule has 2 heterocycles. The Bertz CT molecular complexity index is 914. The summed E-state index contributed by atoms with van der Waals surface area (Å²) in [5.41, 5.74) is 0. The van der Waals surface area contributed by atoms with Crippen LogP contribution in [0.4, 0.5) is 0 Å². The molecule has 1 saturated heterocycles. The summed E-state index contributed by atoms with van der Waals surface area (Å²) < 4.78 is 13.0. The molecule has 1 N–H and O–H groups in total. The van der Waals surface area contributed by atoms with Crippen LogP contribution >= 0.6 is 35.3 Å². The molecule has 1 amide bonds. The first-order chi connectivity index (χ1) is 13.1. The highest BCUT2D eigenvalue weighted by atomic mass is 32.2. The number of rotatable bonds is 7. The molecule has 1 aliphatic rings. The number of allylic oxidation sites excluding steroid dienone is 4. The first kappa shape index (κ1) is 19.7. The first-order valence-corrected chi connectivity index (χ1v) is 10.6. The summed E-state index contributed by atoms with van der Waals surface area (Å²) in [6.07, 6.45) is 9.47. The van der Waals surface area contributed by atoms with Crippen LogP contribution in [-0.4, -0.2) is 23.4 Å². The van der Waals surface area contributed by atoms with Crippen molar-refractivity contribution in [2.75, 3.05) is 13.2 Å². The summed E-state index contributed by atoms with van der Waals surface area (Å²) in [6.45, 7) is 5.13. The molecule has 0 bridgehead atoms. The number of thiophene rings is 1. The smallest absolute Gasteiger partial charge is 0.263 e. The number of fused-ring (bicyclic) bond motifs is 1. The van der Waals surface area contributed by atoms with Gasteiger partial charge in [0.1, 0.15) is 4.32 Å². The Morgan fingerprint density at radius 2 is 1.81 bits per heavy atom. The maximum Gasteiger partial charge on any atom is 0.263 e. The van der Waals surface area contributed by atoms with Crippen molar-refractivity contribution in [2.24, 2.45) is 0 Å². The molecule has 1 aromatic carbocycles. The molecule has 0 radical (unpaired) electrons. The van der Waals surface area contributed by atoms with Gasteiger partial charge in [-0.1, -0.05) is 42.2 Å². The van der Waals surface area contributed by atoms with Gasteiger partial charge >= 0.3 is 0 Å². The van der Waals surface area contributed by atoms with Crippen molar-refractivity contribution in [2.45, 2.75) is 13.8 Å². The summed E-state index contributed by atoms with van der Waals surface area (Å²) in [4.78, 5) is 13.3. The molecule has 4 nitrogen and oxygen atoms in total. The predicted molar refractivity (Wildman–Crippen MR) is 119 cm³/mol. The van der Waals surface area contributed by atoms with E-state index in [1.165, 1.54) is 11.8 Å². The van der Waals surface area contributed by atoms with Crippen LogP contribution in [0.15, 0.2) is 47.4 Å². The molecular weight excluding hydrogens is 398 g/mol. The van der Waals surface area contributed by atoms with Crippen LogP contribution in [0.1, 0.15) is 18.7 Å². The number of thioether (sulfide) groups is 1. The van der Waals surface area contributed by atoms with Gasteiger partial charge in [0, 0.05) is 15.6 Å². The van der Waals surface area contributed by atoms with Crippen LogP contribution in [0.5, 0.6) is 11.5 Å². The van der Waals surface area contributed by atoms with Crippen LogP contribution < -0.4 is 14.8 Å². The van der Waals surface area contributed by atoms with Crippen molar-refractivity contribution in [1.82, 2.24) is 5.32 Å². The Morgan fingerprint density at radius 3 is 2.48 bits per heavy atom. The lowest BCUT2D eigenvalue weighted by Gasteiger charge is -2.10. The molecule has 7 heteroatoms. The monoisotopic (exact) mass is 417 g/mol. The summed E-state index contributed by atoms with van der Waals surface area (Å²) in [6, 6.07) is 6.18. The normalized spacial score (nSPS) is 16.1. The molecule has 1 aliphatic heterocycles. The van der Waals surface area contributed by atoms with E-state index in [0.29, 0.717) is 22.4 Å². The molecule has 0 atom stereocenters. The van der Waals surface area contributed by atoms with E-state index in [-0.39, 0.29) is 5.91 Å². The van der Waals surface area contributed by atoms with Crippen molar-refractivity contribution in [3.05, 3.63) is 52.3 Å².